The largest absolute Gasteiger partial charge is 0.481 e. The summed E-state index contributed by atoms with van der Waals surface area (Å²) in [6, 6.07) is 0. The van der Waals surface area contributed by atoms with Gasteiger partial charge in [-0.2, -0.15) is 0 Å². The molecule has 4 N–H and O–H groups in total. The van der Waals surface area contributed by atoms with Crippen molar-refractivity contribution >= 4 is 5.97 Å². The Morgan fingerprint density at radius 1 is 1.03 bits per heavy atom. The molecule has 5 heteroatoms. The van der Waals surface area contributed by atoms with Crippen LogP contribution >= 0.6 is 0 Å². The predicted octanol–water partition coefficient (Wildman–Crippen LogP) is 3.45. The van der Waals surface area contributed by atoms with Gasteiger partial charge in [0.15, 0.2) is 0 Å². The summed E-state index contributed by atoms with van der Waals surface area (Å²) in [7, 11) is 0. The second-order valence-electron chi connectivity index (χ2n) is 11.4. The zero-order chi connectivity index (χ0) is 21.1. The van der Waals surface area contributed by atoms with Crippen LogP contribution in [0.25, 0.3) is 0 Å². The molecule has 0 bridgehead atoms. The number of carboxylic acids is 1. The summed E-state index contributed by atoms with van der Waals surface area (Å²) in [4.78, 5) is 11.1. The molecular weight excluding hydrogens is 368 g/mol. The molecule has 0 unspecified atom stereocenters. The van der Waals surface area contributed by atoms with Crippen molar-refractivity contribution in [2.45, 2.75) is 96.9 Å². The molecule has 0 aromatic heterocycles. The van der Waals surface area contributed by atoms with Crippen molar-refractivity contribution in [3.05, 3.63) is 0 Å². The average molecular weight is 409 g/mol. The van der Waals surface area contributed by atoms with Gasteiger partial charge in [0.2, 0.25) is 0 Å². The van der Waals surface area contributed by atoms with Gasteiger partial charge >= 0.3 is 5.97 Å². The topological polar surface area (TPSA) is 98.0 Å². The third-order valence-corrected chi connectivity index (χ3v) is 10.3. The van der Waals surface area contributed by atoms with Gasteiger partial charge in [-0.05, 0) is 97.7 Å². The molecule has 0 aromatic rings. The predicted molar refractivity (Wildman–Crippen MR) is 110 cm³/mol. The molecule has 4 aliphatic carbocycles. The fourth-order valence-electron chi connectivity index (χ4n) is 8.68. The van der Waals surface area contributed by atoms with Gasteiger partial charge in [-0.1, -0.05) is 20.8 Å². The first-order chi connectivity index (χ1) is 13.6. The van der Waals surface area contributed by atoms with Gasteiger partial charge < -0.3 is 20.4 Å². The van der Waals surface area contributed by atoms with Crippen LogP contribution in [-0.2, 0) is 4.79 Å². The van der Waals surface area contributed by atoms with Crippen molar-refractivity contribution in [1.82, 2.24) is 0 Å². The van der Waals surface area contributed by atoms with Crippen molar-refractivity contribution in [1.29, 1.82) is 0 Å². The average Bonchev–Trinajstić information content (AvgIpc) is 3.01. The summed E-state index contributed by atoms with van der Waals surface area (Å²) in [6.07, 6.45) is 6.00. The first kappa shape index (κ1) is 21.6. The normalized spacial score (nSPS) is 52.9. The zero-order valence-electron chi connectivity index (χ0n) is 18.3. The number of hydrogen-bond donors (Lipinski definition) is 4. The number of rotatable bonds is 4. The summed E-state index contributed by atoms with van der Waals surface area (Å²) in [6.45, 7) is 6.72. The van der Waals surface area contributed by atoms with Gasteiger partial charge in [0, 0.05) is 6.42 Å². The first-order valence-electron chi connectivity index (χ1n) is 11.8. The van der Waals surface area contributed by atoms with Gasteiger partial charge in [-0.15, -0.1) is 0 Å². The summed E-state index contributed by atoms with van der Waals surface area (Å²) < 4.78 is 0. The minimum absolute atomic E-state index is 0.0957. The smallest absolute Gasteiger partial charge is 0.303 e. The molecule has 0 amide bonds. The lowest BCUT2D eigenvalue weighted by Gasteiger charge is -2.63. The van der Waals surface area contributed by atoms with Gasteiger partial charge in [-0.3, -0.25) is 4.79 Å². The Labute approximate surface area is 174 Å². The van der Waals surface area contributed by atoms with E-state index in [1.54, 1.807) is 0 Å². The highest BCUT2D eigenvalue weighted by Crippen LogP contribution is 2.68. The van der Waals surface area contributed by atoms with E-state index >= 15 is 0 Å². The lowest BCUT2D eigenvalue weighted by Crippen LogP contribution is -2.62. The van der Waals surface area contributed by atoms with Crippen LogP contribution in [0.5, 0.6) is 0 Å². The van der Waals surface area contributed by atoms with Crippen LogP contribution in [0.2, 0.25) is 0 Å². The van der Waals surface area contributed by atoms with Crippen molar-refractivity contribution < 1.29 is 25.2 Å². The molecule has 11 atom stereocenters. The summed E-state index contributed by atoms with van der Waals surface area (Å²) in [5.41, 5.74) is -0.143. The van der Waals surface area contributed by atoms with Gasteiger partial charge in [0.1, 0.15) is 0 Å². The maximum atomic E-state index is 11.5. The standard InChI is InChI=1S/C24H40O5/c1-13(4-7-21(28)29)16-5-6-17-22-18(12-20(27)24(16,17)3)23(2)9-8-15(25)10-14(23)11-19(22)26/h13-20,22,25-27H,4-12H2,1-3H3,(H,28,29)/t13-,14+,15-,16+,17-,18+,19-,20+,22-,23+,24-/m1/s1. The lowest BCUT2D eigenvalue weighted by molar-refractivity contribution is -0.207. The van der Waals surface area contributed by atoms with E-state index in [0.29, 0.717) is 30.1 Å². The maximum Gasteiger partial charge on any atom is 0.303 e. The highest BCUT2D eigenvalue weighted by atomic mass is 16.4. The van der Waals surface area contributed by atoms with Crippen LogP contribution in [0, 0.1) is 46.3 Å². The SMILES string of the molecule is C[C@H](CCC(=O)O)[C@@H]1CC[C@@H]2[C@H]3[C@H](O)C[C@@H]4C[C@H](O)CC[C@]4(C)[C@H]3C[C@H](O)[C@@]21C. The van der Waals surface area contributed by atoms with E-state index in [2.05, 4.69) is 20.8 Å². The molecule has 4 rings (SSSR count). The summed E-state index contributed by atoms with van der Waals surface area (Å²) >= 11 is 0. The quantitative estimate of drug-likeness (QED) is 0.571. The zero-order valence-corrected chi connectivity index (χ0v) is 18.3. The van der Waals surface area contributed by atoms with Crippen LogP contribution in [0.4, 0.5) is 0 Å². The van der Waals surface area contributed by atoms with E-state index in [-0.39, 0.29) is 41.3 Å². The second kappa shape index (κ2) is 7.49. The number of hydrogen-bond acceptors (Lipinski definition) is 4. The van der Waals surface area contributed by atoms with Crippen LogP contribution in [0.15, 0.2) is 0 Å². The fourth-order valence-corrected chi connectivity index (χ4v) is 8.68. The number of aliphatic carboxylic acids is 1. The molecule has 29 heavy (non-hydrogen) atoms. The van der Waals surface area contributed by atoms with Crippen LogP contribution < -0.4 is 0 Å². The maximum absolute atomic E-state index is 11.5. The molecule has 0 aromatic carbocycles. The van der Waals surface area contributed by atoms with Crippen molar-refractivity contribution in [3.63, 3.8) is 0 Å². The molecule has 4 saturated carbocycles. The summed E-state index contributed by atoms with van der Waals surface area (Å²) in [5.74, 6) is 0.997. The van der Waals surface area contributed by atoms with Gasteiger partial charge in [0.25, 0.3) is 0 Å². The van der Waals surface area contributed by atoms with E-state index in [1.165, 1.54) is 0 Å². The van der Waals surface area contributed by atoms with Crippen molar-refractivity contribution in [3.8, 4) is 0 Å². The molecule has 0 saturated heterocycles. The van der Waals surface area contributed by atoms with Gasteiger partial charge in [-0.25, -0.2) is 0 Å². The number of carbonyl (C=O) groups is 1. The lowest BCUT2D eigenvalue weighted by atomic mass is 9.43. The molecule has 0 radical (unpaired) electrons. The minimum atomic E-state index is -0.748. The molecule has 166 valence electrons. The van der Waals surface area contributed by atoms with Gasteiger partial charge in [0.05, 0.1) is 18.3 Å². The monoisotopic (exact) mass is 408 g/mol. The number of fused-ring (bicyclic) bond motifs is 5. The molecule has 4 aliphatic rings. The Hall–Kier alpha value is -0.650. The summed E-state index contributed by atoms with van der Waals surface area (Å²) in [5, 5.41) is 42.0. The molecule has 4 fully saturated rings. The molecule has 0 spiro atoms. The van der Waals surface area contributed by atoms with E-state index in [0.717, 1.165) is 44.9 Å². The molecule has 5 nitrogen and oxygen atoms in total. The van der Waals surface area contributed by atoms with Crippen molar-refractivity contribution in [2.75, 3.05) is 0 Å². The number of aliphatic hydroxyl groups excluding tert-OH is 3. The van der Waals surface area contributed by atoms with Crippen LogP contribution in [0.3, 0.4) is 0 Å². The van der Waals surface area contributed by atoms with E-state index < -0.39 is 12.1 Å². The third-order valence-electron chi connectivity index (χ3n) is 10.3. The van der Waals surface area contributed by atoms with E-state index in [9.17, 15) is 20.1 Å². The Kier molecular flexibility index (Phi) is 5.57. The van der Waals surface area contributed by atoms with Crippen LogP contribution in [0.1, 0.15) is 78.6 Å². The van der Waals surface area contributed by atoms with Crippen LogP contribution in [-0.4, -0.2) is 44.7 Å². The van der Waals surface area contributed by atoms with E-state index in [4.69, 9.17) is 5.11 Å². The van der Waals surface area contributed by atoms with E-state index in [1.807, 2.05) is 0 Å². The first-order valence-corrected chi connectivity index (χ1v) is 11.8. The Morgan fingerprint density at radius 2 is 1.76 bits per heavy atom. The van der Waals surface area contributed by atoms with Crippen molar-refractivity contribution in [2.24, 2.45) is 46.3 Å². The Balaban J connectivity index is 1.61. The molecule has 0 aliphatic heterocycles. The molecule has 0 heterocycles. The fraction of sp³-hybridized carbons (Fsp3) is 0.958. The minimum Gasteiger partial charge on any atom is -0.481 e. The Bertz CT molecular complexity index is 637. The Morgan fingerprint density at radius 3 is 2.45 bits per heavy atom. The molecular formula is C24H40O5. The highest BCUT2D eigenvalue weighted by molar-refractivity contribution is 5.66. The number of carboxylic acid groups (broad SMARTS) is 1. The number of aliphatic hydroxyl groups is 3. The highest BCUT2D eigenvalue weighted by Gasteiger charge is 2.65. The third kappa shape index (κ3) is 3.27. The second-order valence-corrected chi connectivity index (χ2v) is 11.4.